The summed E-state index contributed by atoms with van der Waals surface area (Å²) in [7, 11) is 2.01. The van der Waals surface area contributed by atoms with Gasteiger partial charge in [0, 0.05) is 17.8 Å². The van der Waals surface area contributed by atoms with Crippen molar-refractivity contribution in [2.45, 2.75) is 12.6 Å². The summed E-state index contributed by atoms with van der Waals surface area (Å²) < 4.78 is 6.89. The van der Waals surface area contributed by atoms with Crippen LogP contribution in [0.5, 0.6) is 5.75 Å². The second-order valence-corrected chi connectivity index (χ2v) is 7.17. The van der Waals surface area contributed by atoms with Crippen LogP contribution in [-0.4, -0.2) is 36.3 Å². The van der Waals surface area contributed by atoms with Crippen molar-refractivity contribution in [1.29, 1.82) is 0 Å². The standard InChI is InChI=1S/C19H20ClNO2S/c1-21(10-14-13-24-19-9-5-2-6-16(14)19)11-15(22)12-23-18-8-4-3-7-17(18)20/h2-9,13,15,22H,10-12H2,1H3. The van der Waals surface area contributed by atoms with Gasteiger partial charge in [0.05, 0.1) is 5.02 Å². The molecule has 126 valence electrons. The number of hydrogen-bond acceptors (Lipinski definition) is 4. The number of benzene rings is 2. The van der Waals surface area contributed by atoms with Gasteiger partial charge in [0.15, 0.2) is 0 Å². The topological polar surface area (TPSA) is 32.7 Å². The van der Waals surface area contributed by atoms with Gasteiger partial charge < -0.3 is 9.84 Å². The van der Waals surface area contributed by atoms with E-state index in [1.807, 2.05) is 19.2 Å². The Kier molecular flexibility index (Phi) is 5.74. The molecule has 0 aliphatic carbocycles. The average molecular weight is 362 g/mol. The summed E-state index contributed by atoms with van der Waals surface area (Å²) in [6.07, 6.45) is -0.573. The highest BCUT2D eigenvalue weighted by Crippen LogP contribution is 2.26. The molecule has 1 aromatic heterocycles. The highest BCUT2D eigenvalue weighted by atomic mass is 35.5. The molecule has 0 radical (unpaired) electrons. The number of ether oxygens (including phenoxy) is 1. The fourth-order valence-electron chi connectivity index (χ4n) is 2.67. The van der Waals surface area contributed by atoms with Crippen LogP contribution in [0.3, 0.4) is 0 Å². The lowest BCUT2D eigenvalue weighted by atomic mass is 10.1. The number of aliphatic hydroxyl groups is 1. The lowest BCUT2D eigenvalue weighted by molar-refractivity contribution is 0.0746. The molecular formula is C19H20ClNO2S. The van der Waals surface area contributed by atoms with Gasteiger partial charge in [0.1, 0.15) is 18.5 Å². The third-order valence-corrected chi connectivity index (χ3v) is 5.12. The van der Waals surface area contributed by atoms with E-state index in [0.717, 1.165) is 6.54 Å². The number of likely N-dealkylation sites (N-methyl/N-ethyl adjacent to an activating group) is 1. The maximum atomic E-state index is 10.2. The van der Waals surface area contributed by atoms with Crippen LogP contribution in [0.4, 0.5) is 0 Å². The van der Waals surface area contributed by atoms with E-state index in [4.69, 9.17) is 16.3 Å². The molecule has 5 heteroatoms. The summed E-state index contributed by atoms with van der Waals surface area (Å²) in [5.41, 5.74) is 1.29. The smallest absolute Gasteiger partial charge is 0.138 e. The van der Waals surface area contributed by atoms with Crippen molar-refractivity contribution in [3.63, 3.8) is 0 Å². The molecule has 0 saturated carbocycles. The number of hydrogen-bond donors (Lipinski definition) is 1. The number of nitrogens with zero attached hydrogens (tertiary/aromatic N) is 1. The quantitative estimate of drug-likeness (QED) is 0.675. The van der Waals surface area contributed by atoms with Crippen molar-refractivity contribution in [3.05, 3.63) is 64.5 Å². The van der Waals surface area contributed by atoms with E-state index in [1.165, 1.54) is 15.6 Å². The van der Waals surface area contributed by atoms with Crippen LogP contribution in [0.25, 0.3) is 10.1 Å². The molecule has 0 amide bonds. The van der Waals surface area contributed by atoms with Gasteiger partial charge in [-0.15, -0.1) is 11.3 Å². The molecule has 3 aromatic rings. The third-order valence-electron chi connectivity index (χ3n) is 3.79. The fourth-order valence-corrected chi connectivity index (χ4v) is 3.82. The molecule has 0 saturated heterocycles. The minimum absolute atomic E-state index is 0.221. The molecule has 0 fully saturated rings. The Hall–Kier alpha value is -1.59. The first kappa shape index (κ1) is 17.2. The number of fused-ring (bicyclic) bond motifs is 1. The van der Waals surface area contributed by atoms with Gasteiger partial charge in [-0.1, -0.05) is 41.9 Å². The zero-order valence-corrected chi connectivity index (χ0v) is 15.1. The highest BCUT2D eigenvalue weighted by Gasteiger charge is 2.12. The fraction of sp³-hybridized carbons (Fsp3) is 0.263. The van der Waals surface area contributed by atoms with Gasteiger partial charge in [-0.05, 0) is 41.6 Å². The molecule has 3 nitrogen and oxygen atoms in total. The lowest BCUT2D eigenvalue weighted by Gasteiger charge is -2.20. The van der Waals surface area contributed by atoms with E-state index in [1.54, 1.807) is 23.5 Å². The van der Waals surface area contributed by atoms with Crippen LogP contribution in [0.2, 0.25) is 5.02 Å². The first-order valence-electron chi connectivity index (χ1n) is 7.82. The second-order valence-electron chi connectivity index (χ2n) is 5.85. The molecular weight excluding hydrogens is 342 g/mol. The Balaban J connectivity index is 1.53. The zero-order valence-electron chi connectivity index (χ0n) is 13.5. The van der Waals surface area contributed by atoms with Crippen molar-refractivity contribution in [2.24, 2.45) is 0 Å². The number of halogens is 1. The number of para-hydroxylation sites is 1. The Morgan fingerprint density at radius 3 is 2.75 bits per heavy atom. The second kappa shape index (κ2) is 7.99. The van der Waals surface area contributed by atoms with Gasteiger partial charge in [0.25, 0.3) is 0 Å². The van der Waals surface area contributed by atoms with Gasteiger partial charge in [0.2, 0.25) is 0 Å². The van der Waals surface area contributed by atoms with Crippen LogP contribution in [0, 0.1) is 0 Å². The summed E-state index contributed by atoms with van der Waals surface area (Å²) in [6, 6.07) is 15.7. The molecule has 0 aliphatic rings. The average Bonchev–Trinajstić information content (AvgIpc) is 2.97. The van der Waals surface area contributed by atoms with E-state index in [2.05, 4.69) is 34.5 Å². The number of thiophene rings is 1. The highest BCUT2D eigenvalue weighted by molar-refractivity contribution is 7.17. The Morgan fingerprint density at radius 1 is 1.17 bits per heavy atom. The molecule has 24 heavy (non-hydrogen) atoms. The van der Waals surface area contributed by atoms with Crippen molar-refractivity contribution in [3.8, 4) is 5.75 Å². The van der Waals surface area contributed by atoms with Crippen LogP contribution in [0.1, 0.15) is 5.56 Å². The summed E-state index contributed by atoms with van der Waals surface area (Å²) in [5.74, 6) is 0.602. The maximum Gasteiger partial charge on any atom is 0.138 e. The van der Waals surface area contributed by atoms with Crippen LogP contribution >= 0.6 is 22.9 Å². The van der Waals surface area contributed by atoms with E-state index >= 15 is 0 Å². The zero-order chi connectivity index (χ0) is 16.9. The first-order chi connectivity index (χ1) is 11.6. The molecule has 1 unspecified atom stereocenters. The van der Waals surface area contributed by atoms with E-state index in [-0.39, 0.29) is 6.61 Å². The van der Waals surface area contributed by atoms with Crippen molar-refractivity contribution in [1.82, 2.24) is 4.90 Å². The van der Waals surface area contributed by atoms with Crippen LogP contribution in [0.15, 0.2) is 53.9 Å². The van der Waals surface area contributed by atoms with E-state index in [9.17, 15) is 5.11 Å². The minimum atomic E-state index is -0.573. The Morgan fingerprint density at radius 2 is 1.92 bits per heavy atom. The van der Waals surface area contributed by atoms with Gasteiger partial charge in [-0.25, -0.2) is 0 Å². The molecule has 0 spiro atoms. The molecule has 0 bridgehead atoms. The molecule has 0 aliphatic heterocycles. The van der Waals surface area contributed by atoms with Crippen molar-refractivity contribution < 1.29 is 9.84 Å². The summed E-state index contributed by atoms with van der Waals surface area (Å²) in [4.78, 5) is 2.11. The largest absolute Gasteiger partial charge is 0.489 e. The number of aliphatic hydroxyl groups excluding tert-OH is 1. The predicted molar refractivity (Wildman–Crippen MR) is 101 cm³/mol. The normalized spacial score (nSPS) is 12.7. The van der Waals surface area contributed by atoms with Crippen molar-refractivity contribution >= 4 is 33.0 Å². The van der Waals surface area contributed by atoms with Gasteiger partial charge >= 0.3 is 0 Å². The molecule has 3 rings (SSSR count). The first-order valence-corrected chi connectivity index (χ1v) is 9.08. The third kappa shape index (κ3) is 4.28. The van der Waals surface area contributed by atoms with E-state index < -0.39 is 6.10 Å². The molecule has 1 N–H and O–H groups in total. The monoisotopic (exact) mass is 361 g/mol. The summed E-state index contributed by atoms with van der Waals surface area (Å²) in [6.45, 7) is 1.56. The van der Waals surface area contributed by atoms with Crippen molar-refractivity contribution in [2.75, 3.05) is 20.2 Å². The summed E-state index contributed by atoms with van der Waals surface area (Å²) in [5, 5.41) is 14.2. The predicted octanol–water partition coefficient (Wildman–Crippen LogP) is 4.43. The molecule has 2 aromatic carbocycles. The molecule has 1 atom stereocenters. The Bertz CT molecular complexity index is 805. The minimum Gasteiger partial charge on any atom is -0.489 e. The summed E-state index contributed by atoms with van der Waals surface area (Å²) >= 11 is 7.80. The lowest BCUT2D eigenvalue weighted by Crippen LogP contribution is -2.32. The van der Waals surface area contributed by atoms with Crippen LogP contribution < -0.4 is 4.74 Å². The molecule has 1 heterocycles. The number of rotatable bonds is 7. The van der Waals surface area contributed by atoms with Gasteiger partial charge in [-0.2, -0.15) is 0 Å². The Labute approximate surface area is 151 Å². The van der Waals surface area contributed by atoms with E-state index in [0.29, 0.717) is 17.3 Å². The SMILES string of the molecule is CN(Cc1csc2ccccc12)CC(O)COc1ccccc1Cl. The van der Waals surface area contributed by atoms with Crippen LogP contribution in [-0.2, 0) is 6.54 Å². The maximum absolute atomic E-state index is 10.2. The van der Waals surface area contributed by atoms with Gasteiger partial charge in [-0.3, -0.25) is 4.90 Å².